The second-order valence-corrected chi connectivity index (χ2v) is 12.2. The molecule has 0 bridgehead atoms. The fourth-order valence-electron chi connectivity index (χ4n) is 4.56. The van der Waals surface area contributed by atoms with Crippen LogP contribution < -0.4 is 0 Å². The number of benzene rings is 3. The molecule has 1 aliphatic rings. The average molecular weight is 424 g/mol. The number of hydrogen-bond donors (Lipinski definition) is 0. The third kappa shape index (κ3) is 3.94. The Morgan fingerprint density at radius 3 is 1.22 bits per heavy atom. The maximum Gasteiger partial charge on any atom is 0.0794 e. The Balaban J connectivity index is 2.10. The van der Waals surface area contributed by atoms with Gasteiger partial charge in [0.1, 0.15) is 0 Å². The normalized spacial score (nSPS) is 13.7. The lowest BCUT2D eigenvalue weighted by atomic mass is 9.74. The zero-order chi connectivity index (χ0) is 23.5. The Kier molecular flexibility index (Phi) is 5.24. The van der Waals surface area contributed by atoms with E-state index >= 15 is 0 Å². The smallest absolute Gasteiger partial charge is 0.0794 e. The molecule has 0 heterocycles. The summed E-state index contributed by atoms with van der Waals surface area (Å²) in [6, 6.07) is 22.2. The van der Waals surface area contributed by atoms with Crippen LogP contribution in [0.3, 0.4) is 0 Å². The molecule has 0 fully saturated rings. The summed E-state index contributed by atoms with van der Waals surface area (Å²) in [5.74, 6) is 0. The molecule has 0 aromatic heterocycles. The predicted octanol–water partition coefficient (Wildman–Crippen LogP) is 8.73. The molecule has 0 N–H and O–H groups in total. The lowest BCUT2D eigenvalue weighted by Gasteiger charge is -2.32. The van der Waals surface area contributed by atoms with Gasteiger partial charge in [-0.25, -0.2) is 4.99 Å². The quantitative estimate of drug-likeness (QED) is 0.290. The van der Waals surface area contributed by atoms with E-state index in [0.717, 1.165) is 11.4 Å². The lowest BCUT2D eigenvalue weighted by molar-refractivity contribution is 0.550. The van der Waals surface area contributed by atoms with Gasteiger partial charge in [0.15, 0.2) is 0 Å². The predicted molar refractivity (Wildman–Crippen MR) is 140 cm³/mol. The summed E-state index contributed by atoms with van der Waals surface area (Å²) in [7, 11) is 0. The summed E-state index contributed by atoms with van der Waals surface area (Å²) in [6.07, 6.45) is 0. The van der Waals surface area contributed by atoms with Gasteiger partial charge in [0.25, 0.3) is 0 Å². The fraction of sp³-hybridized carbons (Fsp3) is 0.387. The molecule has 0 saturated carbocycles. The molecule has 166 valence electrons. The number of nitrogens with zero attached hydrogens (tertiary/aromatic N) is 1. The number of rotatable bonds is 1. The molecule has 32 heavy (non-hydrogen) atoms. The molecule has 4 rings (SSSR count). The maximum atomic E-state index is 5.51. The van der Waals surface area contributed by atoms with Crippen LogP contribution in [0.1, 0.15) is 90.1 Å². The first kappa shape index (κ1) is 22.5. The lowest BCUT2D eigenvalue weighted by Crippen LogP contribution is -2.21. The minimum atomic E-state index is -0.0156. The van der Waals surface area contributed by atoms with Crippen molar-refractivity contribution in [2.24, 2.45) is 4.99 Å². The van der Waals surface area contributed by atoms with E-state index in [2.05, 4.69) is 123 Å². The molecular weight excluding hydrogens is 386 g/mol. The van der Waals surface area contributed by atoms with Gasteiger partial charge in [-0.2, -0.15) is 0 Å². The molecule has 1 nitrogen and oxygen atoms in total. The van der Waals surface area contributed by atoms with Crippen LogP contribution in [-0.4, -0.2) is 5.71 Å². The molecule has 0 spiro atoms. The van der Waals surface area contributed by atoms with Crippen LogP contribution in [0.4, 0.5) is 5.69 Å². The molecule has 1 heteroatoms. The maximum absolute atomic E-state index is 5.51. The Hall–Kier alpha value is -2.67. The summed E-state index contributed by atoms with van der Waals surface area (Å²) in [5, 5.41) is 0. The molecule has 0 radical (unpaired) electrons. The van der Waals surface area contributed by atoms with E-state index in [0.29, 0.717) is 0 Å². The minimum Gasteiger partial charge on any atom is -0.247 e. The van der Waals surface area contributed by atoms with E-state index in [9.17, 15) is 0 Å². The number of hydrogen-bond acceptors (Lipinski definition) is 1. The summed E-state index contributed by atoms with van der Waals surface area (Å²) in [6.45, 7) is 20.7. The van der Waals surface area contributed by atoms with E-state index < -0.39 is 0 Å². The summed E-state index contributed by atoms with van der Waals surface area (Å²) in [4.78, 5) is 5.51. The highest BCUT2D eigenvalue weighted by molar-refractivity contribution is 6.25. The van der Waals surface area contributed by atoms with Gasteiger partial charge in [-0.05, 0) is 44.1 Å². The number of fused-ring (bicyclic) bond motifs is 3. The van der Waals surface area contributed by atoms with Crippen LogP contribution in [-0.2, 0) is 16.2 Å². The summed E-state index contributed by atoms with van der Waals surface area (Å²) < 4.78 is 0. The van der Waals surface area contributed by atoms with E-state index in [-0.39, 0.29) is 16.2 Å². The average Bonchev–Trinajstić information content (AvgIpc) is 3.00. The van der Waals surface area contributed by atoms with Crippen LogP contribution in [0, 0.1) is 0 Å². The zero-order valence-corrected chi connectivity index (χ0v) is 21.2. The first-order valence-electron chi connectivity index (χ1n) is 11.8. The Labute approximate surface area is 194 Å². The van der Waals surface area contributed by atoms with Gasteiger partial charge < -0.3 is 0 Å². The van der Waals surface area contributed by atoms with Gasteiger partial charge in [-0.1, -0.05) is 123 Å². The second kappa shape index (κ2) is 7.44. The van der Waals surface area contributed by atoms with Gasteiger partial charge in [0, 0.05) is 11.1 Å². The standard InChI is InChI=1S/C31H37N/c1-29(2,3)20-18-25(30(4,5)6)28(26(19-20)31(7,8)9)32-27-23-16-12-10-14-21(23)22-15-11-13-17-24(22)27/h10-19H,1-9H3. The van der Waals surface area contributed by atoms with Crippen molar-refractivity contribution in [1.82, 2.24) is 0 Å². The van der Waals surface area contributed by atoms with Crippen molar-refractivity contribution in [3.05, 3.63) is 88.5 Å². The summed E-state index contributed by atoms with van der Waals surface area (Å²) >= 11 is 0. The van der Waals surface area contributed by atoms with Crippen LogP contribution in [0.5, 0.6) is 0 Å². The van der Waals surface area contributed by atoms with Gasteiger partial charge in [0.2, 0.25) is 0 Å². The Bertz CT molecular complexity index is 1120. The summed E-state index contributed by atoms with van der Waals surface area (Å²) in [5.41, 5.74) is 11.3. The molecule has 1 aliphatic carbocycles. The van der Waals surface area contributed by atoms with Gasteiger partial charge >= 0.3 is 0 Å². The molecule has 0 aliphatic heterocycles. The largest absolute Gasteiger partial charge is 0.247 e. The molecule has 0 atom stereocenters. The Morgan fingerprint density at radius 1 is 0.500 bits per heavy atom. The van der Waals surface area contributed by atoms with Crippen LogP contribution in [0.25, 0.3) is 11.1 Å². The Morgan fingerprint density at radius 2 is 0.875 bits per heavy atom. The van der Waals surface area contributed by atoms with Crippen molar-refractivity contribution in [3.8, 4) is 11.1 Å². The fourth-order valence-corrected chi connectivity index (χ4v) is 4.56. The molecule has 0 amide bonds. The second-order valence-electron chi connectivity index (χ2n) is 12.2. The van der Waals surface area contributed by atoms with Gasteiger partial charge in [-0.3, -0.25) is 0 Å². The van der Waals surface area contributed by atoms with Gasteiger partial charge in [-0.15, -0.1) is 0 Å². The van der Waals surface area contributed by atoms with Crippen molar-refractivity contribution in [3.63, 3.8) is 0 Å². The van der Waals surface area contributed by atoms with Crippen LogP contribution >= 0.6 is 0 Å². The van der Waals surface area contributed by atoms with Crippen LogP contribution in [0.2, 0.25) is 0 Å². The topological polar surface area (TPSA) is 12.4 Å². The first-order valence-corrected chi connectivity index (χ1v) is 11.8. The third-order valence-corrected chi connectivity index (χ3v) is 6.47. The molecule has 0 unspecified atom stereocenters. The monoisotopic (exact) mass is 423 g/mol. The van der Waals surface area contributed by atoms with E-state index in [4.69, 9.17) is 4.99 Å². The van der Waals surface area contributed by atoms with Gasteiger partial charge in [0.05, 0.1) is 11.4 Å². The van der Waals surface area contributed by atoms with E-state index in [1.807, 2.05) is 0 Å². The minimum absolute atomic E-state index is 0.0156. The van der Waals surface area contributed by atoms with E-state index in [1.54, 1.807) is 0 Å². The van der Waals surface area contributed by atoms with Crippen molar-refractivity contribution in [2.45, 2.75) is 78.6 Å². The van der Waals surface area contributed by atoms with Crippen LogP contribution in [0.15, 0.2) is 65.7 Å². The molecule has 3 aromatic rings. The number of aliphatic imine (C=N–C) groups is 1. The van der Waals surface area contributed by atoms with Crippen molar-refractivity contribution in [2.75, 3.05) is 0 Å². The van der Waals surface area contributed by atoms with Crippen molar-refractivity contribution < 1.29 is 0 Å². The van der Waals surface area contributed by atoms with Crippen molar-refractivity contribution >= 4 is 11.4 Å². The SMILES string of the molecule is CC(C)(C)c1cc(C(C)(C)C)c(N=C2c3ccccc3-c3ccccc32)c(C(C)(C)C)c1. The molecule has 3 aromatic carbocycles. The highest BCUT2D eigenvalue weighted by Crippen LogP contribution is 2.45. The first-order chi connectivity index (χ1) is 14.8. The van der Waals surface area contributed by atoms with E-state index in [1.165, 1.54) is 38.9 Å². The third-order valence-electron chi connectivity index (χ3n) is 6.47. The molecule has 0 saturated heterocycles. The van der Waals surface area contributed by atoms with Crippen molar-refractivity contribution in [1.29, 1.82) is 0 Å². The molecular formula is C31H37N. The highest BCUT2D eigenvalue weighted by atomic mass is 14.8. The highest BCUT2D eigenvalue weighted by Gasteiger charge is 2.31. The zero-order valence-electron chi connectivity index (χ0n) is 21.2.